The number of primary amides is 1. The molecule has 0 radical (unpaired) electrons. The maximum atomic E-state index is 11.1. The second-order valence-electron chi connectivity index (χ2n) is 2.85. The lowest BCUT2D eigenvalue weighted by Gasteiger charge is -2.04. The molecule has 0 aliphatic carbocycles. The molecule has 2 aromatic heterocycles. The van der Waals surface area contributed by atoms with E-state index < -0.39 is 5.91 Å². The molecule has 2 heterocycles. The van der Waals surface area contributed by atoms with Gasteiger partial charge in [0.25, 0.3) is 5.91 Å². The fourth-order valence-corrected chi connectivity index (χ4v) is 1.08. The van der Waals surface area contributed by atoms with Crippen molar-refractivity contribution in [1.29, 1.82) is 0 Å². The van der Waals surface area contributed by atoms with Crippen LogP contribution in [0.25, 0.3) is 0 Å². The summed E-state index contributed by atoms with van der Waals surface area (Å²) in [5.41, 5.74) is 5.36. The number of hydrogen-bond donors (Lipinski definition) is 1. The van der Waals surface area contributed by atoms with Crippen LogP contribution in [0.5, 0.6) is 11.9 Å². The van der Waals surface area contributed by atoms with Crippen LogP contribution >= 0.6 is 0 Å². The maximum absolute atomic E-state index is 11.1. The van der Waals surface area contributed by atoms with Gasteiger partial charge < -0.3 is 10.5 Å². The minimum absolute atomic E-state index is 0.0983. The average molecular weight is 216 g/mol. The SMILES string of the molecule is NC(=O)c1cccnc1Oc1ncccn1. The van der Waals surface area contributed by atoms with Gasteiger partial charge in [0.1, 0.15) is 5.56 Å². The summed E-state index contributed by atoms with van der Waals surface area (Å²) in [6.07, 6.45) is 4.54. The third-order valence-corrected chi connectivity index (χ3v) is 1.77. The summed E-state index contributed by atoms with van der Waals surface area (Å²) in [4.78, 5) is 22.7. The highest BCUT2D eigenvalue weighted by Gasteiger charge is 2.11. The highest BCUT2D eigenvalue weighted by Crippen LogP contribution is 2.18. The van der Waals surface area contributed by atoms with Crippen LogP contribution in [-0.2, 0) is 0 Å². The summed E-state index contributed by atoms with van der Waals surface area (Å²) < 4.78 is 5.24. The molecule has 0 aromatic carbocycles. The lowest BCUT2D eigenvalue weighted by Crippen LogP contribution is -2.13. The van der Waals surface area contributed by atoms with Crippen molar-refractivity contribution in [3.63, 3.8) is 0 Å². The third-order valence-electron chi connectivity index (χ3n) is 1.77. The summed E-state index contributed by atoms with van der Waals surface area (Å²) >= 11 is 0. The number of nitrogens with two attached hydrogens (primary N) is 1. The molecule has 0 unspecified atom stereocenters. The van der Waals surface area contributed by atoms with Crippen LogP contribution in [0.15, 0.2) is 36.8 Å². The number of hydrogen-bond acceptors (Lipinski definition) is 5. The summed E-state index contributed by atoms with van der Waals surface area (Å²) in [6, 6.07) is 4.89. The summed E-state index contributed by atoms with van der Waals surface area (Å²) in [6.45, 7) is 0. The second-order valence-corrected chi connectivity index (χ2v) is 2.85. The fraction of sp³-hybridized carbons (Fsp3) is 0. The number of carbonyl (C=O) groups is 1. The Hall–Kier alpha value is -2.50. The van der Waals surface area contributed by atoms with Crippen molar-refractivity contribution in [1.82, 2.24) is 15.0 Å². The molecule has 0 aliphatic heterocycles. The second kappa shape index (κ2) is 4.35. The van der Waals surface area contributed by atoms with Gasteiger partial charge in [0.05, 0.1) is 0 Å². The largest absolute Gasteiger partial charge is 0.404 e. The van der Waals surface area contributed by atoms with Crippen molar-refractivity contribution in [2.45, 2.75) is 0 Å². The molecule has 2 aromatic rings. The first-order chi connectivity index (χ1) is 7.77. The van der Waals surface area contributed by atoms with E-state index in [1.807, 2.05) is 0 Å². The molecule has 0 saturated heterocycles. The van der Waals surface area contributed by atoms with E-state index in [0.717, 1.165) is 0 Å². The molecular weight excluding hydrogens is 208 g/mol. The maximum Gasteiger partial charge on any atom is 0.323 e. The third kappa shape index (κ3) is 2.11. The molecule has 0 bridgehead atoms. The Balaban J connectivity index is 2.31. The zero-order valence-electron chi connectivity index (χ0n) is 8.20. The zero-order valence-corrected chi connectivity index (χ0v) is 8.20. The molecule has 80 valence electrons. The predicted molar refractivity (Wildman–Crippen MR) is 54.9 cm³/mol. The summed E-state index contributed by atoms with van der Waals surface area (Å²) in [5, 5.41) is 0. The van der Waals surface area contributed by atoms with Gasteiger partial charge >= 0.3 is 6.01 Å². The minimum atomic E-state index is -0.612. The van der Waals surface area contributed by atoms with Crippen molar-refractivity contribution < 1.29 is 9.53 Å². The van der Waals surface area contributed by atoms with Gasteiger partial charge in [-0.15, -0.1) is 0 Å². The van der Waals surface area contributed by atoms with E-state index in [-0.39, 0.29) is 17.5 Å². The quantitative estimate of drug-likeness (QED) is 0.817. The molecule has 6 nitrogen and oxygen atoms in total. The van der Waals surface area contributed by atoms with Crippen LogP contribution in [0.1, 0.15) is 10.4 Å². The van der Waals surface area contributed by atoms with E-state index in [4.69, 9.17) is 10.5 Å². The number of ether oxygens (including phenoxy) is 1. The van der Waals surface area contributed by atoms with E-state index >= 15 is 0 Å². The molecule has 2 N–H and O–H groups in total. The summed E-state index contributed by atoms with van der Waals surface area (Å²) in [7, 11) is 0. The average Bonchev–Trinajstić information content (AvgIpc) is 2.31. The lowest BCUT2D eigenvalue weighted by molar-refractivity contribution is 0.0997. The molecular formula is C10H8N4O2. The Morgan fingerprint density at radius 3 is 2.50 bits per heavy atom. The Labute approximate surface area is 91.1 Å². The van der Waals surface area contributed by atoms with E-state index in [0.29, 0.717) is 0 Å². The van der Waals surface area contributed by atoms with Crippen LogP contribution in [0.2, 0.25) is 0 Å². The predicted octanol–water partition coefficient (Wildman–Crippen LogP) is 0.763. The first kappa shape index (κ1) is 10.0. The van der Waals surface area contributed by atoms with Gasteiger partial charge in [0.2, 0.25) is 5.88 Å². The van der Waals surface area contributed by atoms with Gasteiger partial charge in [0, 0.05) is 18.6 Å². The van der Waals surface area contributed by atoms with Crippen molar-refractivity contribution in [2.75, 3.05) is 0 Å². The Morgan fingerprint density at radius 1 is 1.12 bits per heavy atom. The molecule has 0 fully saturated rings. The van der Waals surface area contributed by atoms with E-state index in [2.05, 4.69) is 15.0 Å². The van der Waals surface area contributed by atoms with Crippen molar-refractivity contribution in [3.05, 3.63) is 42.4 Å². The number of amides is 1. The van der Waals surface area contributed by atoms with Gasteiger partial charge in [-0.1, -0.05) is 0 Å². The number of rotatable bonds is 3. The standard InChI is InChI=1S/C10H8N4O2/c11-8(15)7-3-1-4-12-9(7)16-10-13-5-2-6-14-10/h1-6H,(H2,11,15). The zero-order chi connectivity index (χ0) is 11.4. The molecule has 16 heavy (non-hydrogen) atoms. The minimum Gasteiger partial charge on any atom is -0.404 e. The van der Waals surface area contributed by atoms with E-state index in [9.17, 15) is 4.79 Å². The van der Waals surface area contributed by atoms with Crippen molar-refractivity contribution in [2.24, 2.45) is 5.73 Å². The van der Waals surface area contributed by atoms with Crippen molar-refractivity contribution >= 4 is 5.91 Å². The molecule has 0 spiro atoms. The van der Waals surface area contributed by atoms with Crippen molar-refractivity contribution in [3.8, 4) is 11.9 Å². The molecule has 0 atom stereocenters. The Bertz CT molecular complexity index is 501. The molecule has 6 heteroatoms. The van der Waals surface area contributed by atoms with Gasteiger partial charge in [-0.25, -0.2) is 15.0 Å². The summed E-state index contributed by atoms with van der Waals surface area (Å²) in [5.74, 6) is -0.514. The Morgan fingerprint density at radius 2 is 1.81 bits per heavy atom. The fourth-order valence-electron chi connectivity index (χ4n) is 1.08. The smallest absolute Gasteiger partial charge is 0.323 e. The van der Waals surface area contributed by atoms with Crippen LogP contribution in [0.4, 0.5) is 0 Å². The number of carbonyl (C=O) groups excluding carboxylic acids is 1. The van der Waals surface area contributed by atoms with E-state index in [1.54, 1.807) is 12.1 Å². The first-order valence-corrected chi connectivity index (χ1v) is 4.47. The van der Waals surface area contributed by atoms with Gasteiger partial charge in [-0.05, 0) is 18.2 Å². The highest BCUT2D eigenvalue weighted by atomic mass is 16.5. The number of nitrogens with zero attached hydrogens (tertiary/aromatic N) is 3. The Kier molecular flexibility index (Phi) is 2.73. The van der Waals surface area contributed by atoms with Gasteiger partial charge in [-0.3, -0.25) is 4.79 Å². The number of aromatic nitrogens is 3. The lowest BCUT2D eigenvalue weighted by atomic mass is 10.2. The van der Waals surface area contributed by atoms with Gasteiger partial charge in [-0.2, -0.15) is 0 Å². The number of pyridine rings is 1. The van der Waals surface area contributed by atoms with Crippen LogP contribution in [0.3, 0.4) is 0 Å². The molecule has 0 aliphatic rings. The van der Waals surface area contributed by atoms with Crippen LogP contribution < -0.4 is 10.5 Å². The van der Waals surface area contributed by atoms with E-state index in [1.165, 1.54) is 24.7 Å². The van der Waals surface area contributed by atoms with Crippen LogP contribution in [0, 0.1) is 0 Å². The molecule has 1 amide bonds. The monoisotopic (exact) mass is 216 g/mol. The highest BCUT2D eigenvalue weighted by molar-refractivity contribution is 5.94. The topological polar surface area (TPSA) is 91.0 Å². The normalized spacial score (nSPS) is 9.75. The molecule has 2 rings (SSSR count). The van der Waals surface area contributed by atoms with Crippen LogP contribution in [-0.4, -0.2) is 20.9 Å². The first-order valence-electron chi connectivity index (χ1n) is 4.47. The van der Waals surface area contributed by atoms with Gasteiger partial charge in [0.15, 0.2) is 0 Å². The molecule has 0 saturated carbocycles.